The SMILES string of the molecule is N#Cc1cccc(-c2ccc3n(c2=O)C[C@H]2C[C@@H]3CN(C(=O)c3ccncc3)C2)c1. The molecule has 148 valence electrons. The summed E-state index contributed by atoms with van der Waals surface area (Å²) in [4.78, 5) is 32.1. The minimum Gasteiger partial charge on any atom is -0.338 e. The summed E-state index contributed by atoms with van der Waals surface area (Å²) in [5.74, 6) is 0.420. The van der Waals surface area contributed by atoms with E-state index in [0.717, 1.165) is 17.7 Å². The van der Waals surface area contributed by atoms with Gasteiger partial charge in [0.05, 0.1) is 11.6 Å². The zero-order valence-corrected chi connectivity index (χ0v) is 16.4. The van der Waals surface area contributed by atoms with Gasteiger partial charge in [-0.05, 0) is 54.3 Å². The van der Waals surface area contributed by atoms with Crippen LogP contribution < -0.4 is 5.56 Å². The zero-order chi connectivity index (χ0) is 20.7. The largest absolute Gasteiger partial charge is 0.338 e. The van der Waals surface area contributed by atoms with Crippen molar-refractivity contribution < 1.29 is 4.79 Å². The van der Waals surface area contributed by atoms with Crippen molar-refractivity contribution in [2.75, 3.05) is 13.1 Å². The molecule has 6 heteroatoms. The first-order valence-electron chi connectivity index (χ1n) is 10.1. The number of amides is 1. The fourth-order valence-electron chi connectivity index (χ4n) is 4.76. The molecule has 2 aliphatic rings. The van der Waals surface area contributed by atoms with E-state index in [4.69, 9.17) is 5.26 Å². The smallest absolute Gasteiger partial charge is 0.258 e. The molecule has 0 unspecified atom stereocenters. The molecule has 0 radical (unpaired) electrons. The van der Waals surface area contributed by atoms with Crippen LogP contribution in [0.25, 0.3) is 11.1 Å². The predicted molar refractivity (Wildman–Crippen MR) is 112 cm³/mol. The Morgan fingerprint density at radius 3 is 2.70 bits per heavy atom. The highest BCUT2D eigenvalue weighted by Gasteiger charge is 2.36. The second kappa shape index (κ2) is 7.27. The molecule has 2 aromatic heterocycles. The molecule has 6 nitrogen and oxygen atoms in total. The van der Waals surface area contributed by atoms with Gasteiger partial charge < -0.3 is 9.47 Å². The van der Waals surface area contributed by atoms with Crippen LogP contribution in [-0.4, -0.2) is 33.4 Å². The van der Waals surface area contributed by atoms with Crippen LogP contribution in [0.1, 0.15) is 34.0 Å². The van der Waals surface area contributed by atoms with Gasteiger partial charge in [0.15, 0.2) is 0 Å². The van der Waals surface area contributed by atoms with E-state index < -0.39 is 0 Å². The fourth-order valence-corrected chi connectivity index (χ4v) is 4.76. The number of aromatic nitrogens is 2. The summed E-state index contributed by atoms with van der Waals surface area (Å²) in [6, 6.07) is 16.6. The molecule has 0 N–H and O–H groups in total. The van der Waals surface area contributed by atoms with Gasteiger partial charge in [-0.2, -0.15) is 5.26 Å². The van der Waals surface area contributed by atoms with Crippen molar-refractivity contribution in [2.45, 2.75) is 18.9 Å². The highest BCUT2D eigenvalue weighted by molar-refractivity contribution is 5.94. The van der Waals surface area contributed by atoms with E-state index in [1.807, 2.05) is 27.7 Å². The third kappa shape index (κ3) is 3.09. The lowest BCUT2D eigenvalue weighted by Crippen LogP contribution is -2.49. The Labute approximate surface area is 174 Å². The number of nitriles is 1. The Morgan fingerprint density at radius 1 is 1.07 bits per heavy atom. The first kappa shape index (κ1) is 18.3. The molecule has 2 aliphatic heterocycles. The van der Waals surface area contributed by atoms with E-state index in [9.17, 15) is 9.59 Å². The normalized spacial score (nSPS) is 19.6. The van der Waals surface area contributed by atoms with Crippen LogP contribution in [0.5, 0.6) is 0 Å². The van der Waals surface area contributed by atoms with Gasteiger partial charge in [0, 0.05) is 54.8 Å². The number of fused-ring (bicyclic) bond motifs is 4. The monoisotopic (exact) mass is 396 g/mol. The Hall–Kier alpha value is -3.72. The van der Waals surface area contributed by atoms with E-state index in [-0.39, 0.29) is 23.3 Å². The van der Waals surface area contributed by atoms with Crippen LogP contribution in [0.4, 0.5) is 0 Å². The molecule has 0 saturated carbocycles. The molecule has 2 bridgehead atoms. The number of hydrogen-bond donors (Lipinski definition) is 0. The predicted octanol–water partition coefficient (Wildman–Crippen LogP) is 3.04. The van der Waals surface area contributed by atoms with E-state index in [1.165, 1.54) is 0 Å². The van der Waals surface area contributed by atoms with Gasteiger partial charge in [-0.3, -0.25) is 14.6 Å². The molecular weight excluding hydrogens is 376 g/mol. The second-order valence-corrected chi connectivity index (χ2v) is 8.02. The number of pyridine rings is 2. The number of rotatable bonds is 2. The molecule has 1 amide bonds. The number of nitrogens with zero attached hydrogens (tertiary/aromatic N) is 4. The van der Waals surface area contributed by atoms with Crippen molar-refractivity contribution in [3.63, 3.8) is 0 Å². The van der Waals surface area contributed by atoms with E-state index in [1.54, 1.807) is 42.7 Å². The van der Waals surface area contributed by atoms with Crippen molar-refractivity contribution in [1.29, 1.82) is 5.26 Å². The molecule has 30 heavy (non-hydrogen) atoms. The standard InChI is InChI=1S/C24H20N4O2/c25-12-16-2-1-3-19(10-16)21-4-5-22-20-11-17(14-28(22)24(21)30)13-27(15-20)23(29)18-6-8-26-9-7-18/h1-10,17,20H,11,13-15H2/t17-,20+/m0/s1. The van der Waals surface area contributed by atoms with Crippen LogP contribution in [-0.2, 0) is 6.54 Å². The second-order valence-electron chi connectivity index (χ2n) is 8.02. The highest BCUT2D eigenvalue weighted by Crippen LogP contribution is 2.36. The number of piperidine rings is 1. The summed E-state index contributed by atoms with van der Waals surface area (Å²) in [6.45, 7) is 1.87. The summed E-state index contributed by atoms with van der Waals surface area (Å²) in [6.07, 6.45) is 4.26. The number of benzene rings is 1. The van der Waals surface area contributed by atoms with Gasteiger partial charge in [-0.15, -0.1) is 0 Å². The molecular formula is C24H20N4O2. The van der Waals surface area contributed by atoms with Crippen molar-refractivity contribution in [3.8, 4) is 17.2 Å². The molecule has 3 aromatic rings. The van der Waals surface area contributed by atoms with E-state index in [2.05, 4.69) is 11.1 Å². The average Bonchev–Trinajstić information content (AvgIpc) is 2.80. The number of carbonyl (C=O) groups is 1. The van der Waals surface area contributed by atoms with Crippen LogP contribution in [0, 0.1) is 17.2 Å². The van der Waals surface area contributed by atoms with Gasteiger partial charge in [0.25, 0.3) is 11.5 Å². The van der Waals surface area contributed by atoms with Crippen molar-refractivity contribution >= 4 is 5.91 Å². The highest BCUT2D eigenvalue weighted by atomic mass is 16.2. The lowest BCUT2D eigenvalue weighted by Gasteiger charge is -2.43. The Bertz CT molecular complexity index is 1230. The summed E-state index contributed by atoms with van der Waals surface area (Å²) in [5.41, 5.74) is 3.53. The van der Waals surface area contributed by atoms with Gasteiger partial charge in [0.2, 0.25) is 0 Å². The first-order valence-corrected chi connectivity index (χ1v) is 10.1. The minimum atomic E-state index is -0.0220. The quantitative estimate of drug-likeness (QED) is 0.667. The summed E-state index contributed by atoms with van der Waals surface area (Å²) in [5, 5.41) is 9.16. The molecule has 1 fully saturated rings. The third-order valence-corrected chi connectivity index (χ3v) is 6.12. The summed E-state index contributed by atoms with van der Waals surface area (Å²) in [7, 11) is 0. The summed E-state index contributed by atoms with van der Waals surface area (Å²) < 4.78 is 1.88. The molecule has 1 aromatic carbocycles. The van der Waals surface area contributed by atoms with Gasteiger partial charge >= 0.3 is 0 Å². The van der Waals surface area contributed by atoms with Crippen LogP contribution in [0.15, 0.2) is 65.7 Å². The molecule has 0 spiro atoms. The lowest BCUT2D eigenvalue weighted by molar-refractivity contribution is 0.0594. The van der Waals surface area contributed by atoms with Crippen LogP contribution >= 0.6 is 0 Å². The zero-order valence-electron chi connectivity index (χ0n) is 16.4. The van der Waals surface area contributed by atoms with E-state index in [0.29, 0.717) is 36.3 Å². The number of hydrogen-bond acceptors (Lipinski definition) is 4. The lowest BCUT2D eigenvalue weighted by atomic mass is 9.82. The molecule has 5 rings (SSSR count). The maximum atomic E-state index is 13.3. The topological polar surface area (TPSA) is 79.0 Å². The number of likely N-dealkylation sites (tertiary alicyclic amines) is 1. The Morgan fingerprint density at radius 2 is 1.90 bits per heavy atom. The van der Waals surface area contributed by atoms with E-state index >= 15 is 0 Å². The van der Waals surface area contributed by atoms with Crippen LogP contribution in [0.2, 0.25) is 0 Å². The van der Waals surface area contributed by atoms with Crippen molar-refractivity contribution in [2.24, 2.45) is 5.92 Å². The maximum Gasteiger partial charge on any atom is 0.258 e. The van der Waals surface area contributed by atoms with Gasteiger partial charge in [-0.25, -0.2) is 0 Å². The number of carbonyl (C=O) groups excluding carboxylic acids is 1. The molecule has 2 atom stereocenters. The van der Waals surface area contributed by atoms with Gasteiger partial charge in [0.1, 0.15) is 0 Å². The first-order chi connectivity index (χ1) is 14.6. The van der Waals surface area contributed by atoms with Crippen LogP contribution in [0.3, 0.4) is 0 Å². The molecule has 1 saturated heterocycles. The van der Waals surface area contributed by atoms with Crippen molar-refractivity contribution in [3.05, 3.63) is 88.1 Å². The summed E-state index contributed by atoms with van der Waals surface area (Å²) >= 11 is 0. The fraction of sp³-hybridized carbons (Fsp3) is 0.250. The Balaban J connectivity index is 1.48. The maximum absolute atomic E-state index is 13.3. The van der Waals surface area contributed by atoms with Crippen molar-refractivity contribution in [1.82, 2.24) is 14.5 Å². The third-order valence-electron chi connectivity index (χ3n) is 6.12. The Kier molecular flexibility index (Phi) is 4.44. The molecule has 0 aliphatic carbocycles. The average molecular weight is 396 g/mol. The minimum absolute atomic E-state index is 0.0211. The molecule has 4 heterocycles. The van der Waals surface area contributed by atoms with Gasteiger partial charge in [-0.1, -0.05) is 12.1 Å².